The topological polar surface area (TPSA) is 237 Å². The highest BCUT2D eigenvalue weighted by molar-refractivity contribution is 7.47. The zero-order chi connectivity index (χ0) is 60.1. The van der Waals surface area contributed by atoms with Crippen LogP contribution in [-0.2, 0) is 65.4 Å². The first-order chi connectivity index (χ1) is 38.9. The van der Waals surface area contributed by atoms with Gasteiger partial charge in [-0.3, -0.25) is 37.3 Å². The van der Waals surface area contributed by atoms with Crippen molar-refractivity contribution in [3.8, 4) is 0 Å². The van der Waals surface area contributed by atoms with Crippen LogP contribution >= 0.6 is 15.6 Å². The second-order valence-corrected chi connectivity index (χ2v) is 26.3. The smallest absolute Gasteiger partial charge is 0.462 e. The summed E-state index contributed by atoms with van der Waals surface area (Å²) in [5.41, 5.74) is 0. The largest absolute Gasteiger partial charge is 0.472 e. The molecule has 0 spiro atoms. The molecule has 17 nitrogen and oxygen atoms in total. The van der Waals surface area contributed by atoms with Gasteiger partial charge in [-0.1, -0.05) is 253 Å². The molecule has 0 rings (SSSR count). The Labute approximate surface area is 492 Å². The summed E-state index contributed by atoms with van der Waals surface area (Å²) in [6.45, 7) is 9.36. The first-order valence-corrected chi connectivity index (χ1v) is 35.5. The van der Waals surface area contributed by atoms with Crippen molar-refractivity contribution >= 4 is 39.5 Å². The number of ether oxygens (including phenoxy) is 4. The number of esters is 4. The van der Waals surface area contributed by atoms with Crippen molar-refractivity contribution in [1.29, 1.82) is 0 Å². The molecular formula is C62H120O17P2. The fourth-order valence-electron chi connectivity index (χ4n) is 9.18. The summed E-state index contributed by atoms with van der Waals surface area (Å²) < 4.78 is 67.8. The van der Waals surface area contributed by atoms with E-state index in [9.17, 15) is 43.2 Å². The zero-order valence-electron chi connectivity index (χ0n) is 52.1. The molecule has 2 unspecified atom stereocenters. The fourth-order valence-corrected chi connectivity index (χ4v) is 10.8. The molecule has 0 aromatic rings. The van der Waals surface area contributed by atoms with E-state index in [1.807, 2.05) is 0 Å². The summed E-state index contributed by atoms with van der Waals surface area (Å²) in [5.74, 6) is -0.685. The van der Waals surface area contributed by atoms with Crippen molar-refractivity contribution in [1.82, 2.24) is 0 Å². The minimum atomic E-state index is -4.94. The van der Waals surface area contributed by atoms with Crippen LogP contribution < -0.4 is 0 Å². The van der Waals surface area contributed by atoms with Gasteiger partial charge in [0.05, 0.1) is 26.4 Å². The molecule has 0 radical (unpaired) electrons. The van der Waals surface area contributed by atoms with Crippen LogP contribution in [0.1, 0.15) is 305 Å². The van der Waals surface area contributed by atoms with Crippen molar-refractivity contribution in [3.05, 3.63) is 0 Å². The van der Waals surface area contributed by atoms with Crippen LogP contribution in [0.25, 0.3) is 0 Å². The lowest BCUT2D eigenvalue weighted by Gasteiger charge is -2.21. The quantitative estimate of drug-likeness (QED) is 0.0222. The Morgan fingerprint density at radius 1 is 0.333 bits per heavy atom. The second-order valence-electron chi connectivity index (χ2n) is 23.4. The number of phosphoric acid groups is 2. The van der Waals surface area contributed by atoms with Crippen molar-refractivity contribution in [2.75, 3.05) is 39.6 Å². The standard InChI is InChI=1S/C62H120O17P2/c1-7-9-11-13-15-21-26-34-40-46-61(66)78-57(50-72-59(64)44-38-32-25-16-14-12-10-8-2)52-76-80(68,69)74-48-56(63)49-75-81(70,71)77-53-58(51-73-60(65)45-39-33-29-28-31-37-43-55(5)6)79-62(67)47-41-35-27-23-20-18-17-19-22-24-30-36-42-54(3)4/h54-58,63H,7-53H2,1-6H3,(H,68,69)(H,70,71)/t56-,57+,58+/m0/s1. The highest BCUT2D eigenvalue weighted by Crippen LogP contribution is 2.45. The number of aliphatic hydroxyl groups excluding tert-OH is 1. The molecule has 0 heterocycles. The molecule has 0 fully saturated rings. The zero-order valence-corrected chi connectivity index (χ0v) is 53.9. The van der Waals surface area contributed by atoms with Gasteiger partial charge in [-0.2, -0.15) is 0 Å². The van der Waals surface area contributed by atoms with Gasteiger partial charge in [0.1, 0.15) is 19.3 Å². The number of hydrogen-bond acceptors (Lipinski definition) is 15. The van der Waals surface area contributed by atoms with Crippen LogP contribution in [0, 0.1) is 11.8 Å². The summed E-state index contributed by atoms with van der Waals surface area (Å²) in [6.07, 6.45) is 36.4. The molecule has 0 saturated heterocycles. The second kappa shape index (κ2) is 54.7. The molecule has 0 aromatic carbocycles. The van der Waals surface area contributed by atoms with Crippen LogP contribution in [-0.4, -0.2) is 96.7 Å². The van der Waals surface area contributed by atoms with Gasteiger partial charge in [0, 0.05) is 25.7 Å². The number of rotatable bonds is 61. The first kappa shape index (κ1) is 79.1. The molecule has 19 heteroatoms. The van der Waals surface area contributed by atoms with Crippen LogP contribution in [0.2, 0.25) is 0 Å². The molecule has 5 atom stereocenters. The van der Waals surface area contributed by atoms with E-state index < -0.39 is 97.5 Å². The van der Waals surface area contributed by atoms with Gasteiger partial charge in [0.2, 0.25) is 0 Å². The van der Waals surface area contributed by atoms with E-state index in [0.29, 0.717) is 31.6 Å². The van der Waals surface area contributed by atoms with Crippen molar-refractivity contribution in [2.45, 2.75) is 323 Å². The maximum Gasteiger partial charge on any atom is 0.472 e. The maximum atomic E-state index is 12.9. The molecule has 81 heavy (non-hydrogen) atoms. The average molecular weight is 1200 g/mol. The van der Waals surface area contributed by atoms with Gasteiger partial charge in [0.15, 0.2) is 12.2 Å². The van der Waals surface area contributed by atoms with E-state index in [4.69, 9.17) is 37.0 Å². The van der Waals surface area contributed by atoms with E-state index in [0.717, 1.165) is 109 Å². The lowest BCUT2D eigenvalue weighted by atomic mass is 10.0. The highest BCUT2D eigenvalue weighted by atomic mass is 31.2. The predicted molar refractivity (Wildman–Crippen MR) is 321 cm³/mol. The average Bonchev–Trinajstić information content (AvgIpc) is 3.42. The lowest BCUT2D eigenvalue weighted by Crippen LogP contribution is -2.30. The van der Waals surface area contributed by atoms with E-state index >= 15 is 0 Å². The van der Waals surface area contributed by atoms with Gasteiger partial charge in [-0.25, -0.2) is 9.13 Å². The lowest BCUT2D eigenvalue weighted by molar-refractivity contribution is -0.161. The van der Waals surface area contributed by atoms with E-state index in [1.165, 1.54) is 109 Å². The molecule has 480 valence electrons. The van der Waals surface area contributed by atoms with Crippen molar-refractivity contribution in [3.63, 3.8) is 0 Å². The Balaban J connectivity index is 5.20. The Bertz CT molecular complexity index is 1600. The highest BCUT2D eigenvalue weighted by Gasteiger charge is 2.30. The maximum absolute atomic E-state index is 12.9. The van der Waals surface area contributed by atoms with Crippen LogP contribution in [0.4, 0.5) is 0 Å². The molecule has 0 aliphatic heterocycles. The van der Waals surface area contributed by atoms with Crippen LogP contribution in [0.3, 0.4) is 0 Å². The van der Waals surface area contributed by atoms with Gasteiger partial charge >= 0.3 is 39.5 Å². The summed E-state index contributed by atoms with van der Waals surface area (Å²) in [7, 11) is -9.88. The molecule has 0 aromatic heterocycles. The molecule has 0 saturated carbocycles. The molecule has 3 N–H and O–H groups in total. The number of unbranched alkanes of at least 4 members (excludes halogenated alkanes) is 31. The Morgan fingerprint density at radius 3 is 0.840 bits per heavy atom. The number of hydrogen-bond donors (Lipinski definition) is 3. The molecule has 0 bridgehead atoms. The van der Waals surface area contributed by atoms with Crippen LogP contribution in [0.5, 0.6) is 0 Å². The number of aliphatic hydroxyl groups is 1. The van der Waals surface area contributed by atoms with E-state index in [1.54, 1.807) is 0 Å². The van der Waals surface area contributed by atoms with E-state index in [-0.39, 0.29) is 25.7 Å². The van der Waals surface area contributed by atoms with Crippen LogP contribution in [0.15, 0.2) is 0 Å². The Kier molecular flexibility index (Phi) is 53.4. The summed E-state index contributed by atoms with van der Waals surface area (Å²) in [6, 6.07) is 0. The summed E-state index contributed by atoms with van der Waals surface area (Å²) in [5, 5.41) is 10.5. The SMILES string of the molecule is CCCCCCCCCCCC(=O)O[C@H](COC(=O)CCCCCCCCCC)COP(=O)(O)OC[C@H](O)COP(=O)(O)OC[C@@H](COC(=O)CCCCCCCCC(C)C)OC(=O)CCCCCCCCCCCCCCC(C)C. The molecule has 0 aliphatic rings. The number of carbonyl (C=O) groups excluding carboxylic acids is 4. The fraction of sp³-hybridized carbons (Fsp3) is 0.935. The third-order valence-corrected chi connectivity index (χ3v) is 16.1. The number of phosphoric ester groups is 2. The van der Waals surface area contributed by atoms with Gasteiger partial charge < -0.3 is 33.8 Å². The monoisotopic (exact) mass is 1200 g/mol. The Hall–Kier alpha value is -1.94. The van der Waals surface area contributed by atoms with E-state index in [2.05, 4.69) is 41.5 Å². The molecule has 0 aliphatic carbocycles. The number of carbonyl (C=O) groups is 4. The summed E-state index contributed by atoms with van der Waals surface area (Å²) >= 11 is 0. The minimum absolute atomic E-state index is 0.105. The van der Waals surface area contributed by atoms with Crippen molar-refractivity contribution in [2.24, 2.45) is 11.8 Å². The van der Waals surface area contributed by atoms with Crippen molar-refractivity contribution < 1.29 is 80.2 Å². The third-order valence-electron chi connectivity index (χ3n) is 14.2. The van der Waals surface area contributed by atoms with Gasteiger partial charge in [-0.15, -0.1) is 0 Å². The first-order valence-electron chi connectivity index (χ1n) is 32.5. The van der Waals surface area contributed by atoms with Gasteiger partial charge in [0.25, 0.3) is 0 Å². The third kappa shape index (κ3) is 56.9. The normalized spacial score (nSPS) is 14.4. The molecular weight excluding hydrogens is 1080 g/mol. The summed E-state index contributed by atoms with van der Waals surface area (Å²) in [4.78, 5) is 72.0. The molecule has 0 amide bonds. The Morgan fingerprint density at radius 2 is 0.568 bits per heavy atom. The predicted octanol–water partition coefficient (Wildman–Crippen LogP) is 16.9. The van der Waals surface area contributed by atoms with Gasteiger partial charge in [-0.05, 0) is 37.5 Å². The minimum Gasteiger partial charge on any atom is -0.462 e.